The first-order valence-electron chi connectivity index (χ1n) is 8.69. The molecule has 1 aromatic carbocycles. The van der Waals surface area contributed by atoms with Gasteiger partial charge in [0, 0.05) is 32.4 Å². The molecule has 27 heavy (non-hydrogen) atoms. The lowest BCUT2D eigenvalue weighted by molar-refractivity contribution is 0.0369. The number of nitrogens with two attached hydrogens (primary N) is 1. The fourth-order valence-electron chi connectivity index (χ4n) is 3.04. The normalized spacial score (nSPS) is 15.0. The number of rotatable bonds is 6. The summed E-state index contributed by atoms with van der Waals surface area (Å²) in [6.45, 7) is 4.10. The minimum Gasteiger partial charge on any atom is -0.379 e. The van der Waals surface area contributed by atoms with Gasteiger partial charge in [0.2, 0.25) is 0 Å². The summed E-state index contributed by atoms with van der Waals surface area (Å²) in [6.07, 6.45) is 1.85. The number of ether oxygens (including phenoxy) is 1. The molecule has 0 spiro atoms. The van der Waals surface area contributed by atoms with E-state index in [-0.39, 0.29) is 11.3 Å². The van der Waals surface area contributed by atoms with Crippen molar-refractivity contribution >= 4 is 5.91 Å². The number of primary amides is 1. The summed E-state index contributed by atoms with van der Waals surface area (Å²) in [5.41, 5.74) is 3.78. The lowest BCUT2D eigenvalue weighted by Crippen LogP contribution is -2.43. The van der Waals surface area contributed by atoms with Crippen LogP contribution in [0.25, 0.3) is 5.69 Å². The summed E-state index contributed by atoms with van der Waals surface area (Å²) < 4.78 is 20.6. The molecule has 0 radical (unpaired) electrons. The monoisotopic (exact) mass is 376 g/mol. The van der Waals surface area contributed by atoms with Crippen molar-refractivity contribution in [3.8, 4) is 5.69 Å². The number of carbonyl (C=O) groups is 1. The largest absolute Gasteiger partial charge is 0.379 e. The van der Waals surface area contributed by atoms with E-state index < -0.39 is 23.0 Å². The SMILES string of the molecule is NC(=O)c1cn(CCCN2CCOCC2)c(=O)n(-c2ccc(F)cc2)c1=O. The van der Waals surface area contributed by atoms with Crippen LogP contribution in [-0.2, 0) is 11.3 Å². The Balaban J connectivity index is 1.91. The van der Waals surface area contributed by atoms with Crippen molar-refractivity contribution in [3.05, 3.63) is 62.7 Å². The molecular weight excluding hydrogens is 355 g/mol. The predicted octanol–water partition coefficient (Wildman–Crippen LogP) is -0.0405. The van der Waals surface area contributed by atoms with Gasteiger partial charge in [0.05, 0.1) is 18.9 Å². The number of benzene rings is 1. The van der Waals surface area contributed by atoms with Crippen molar-refractivity contribution in [3.63, 3.8) is 0 Å². The van der Waals surface area contributed by atoms with E-state index in [4.69, 9.17) is 10.5 Å². The average molecular weight is 376 g/mol. The molecule has 1 aliphatic heterocycles. The third-order valence-corrected chi connectivity index (χ3v) is 4.48. The van der Waals surface area contributed by atoms with Crippen LogP contribution in [0.1, 0.15) is 16.8 Å². The Kier molecular flexibility index (Phi) is 5.82. The lowest BCUT2D eigenvalue weighted by Gasteiger charge is -2.26. The maximum Gasteiger partial charge on any atom is 0.335 e. The van der Waals surface area contributed by atoms with Gasteiger partial charge in [-0.15, -0.1) is 0 Å². The molecule has 0 unspecified atom stereocenters. The summed E-state index contributed by atoms with van der Waals surface area (Å²) in [4.78, 5) is 39.2. The Bertz CT molecular complexity index is 930. The molecule has 3 rings (SSSR count). The second kappa shape index (κ2) is 8.28. The molecule has 1 amide bonds. The molecule has 0 aliphatic carbocycles. The summed E-state index contributed by atoms with van der Waals surface area (Å²) in [7, 11) is 0. The van der Waals surface area contributed by atoms with Crippen molar-refractivity contribution in [2.45, 2.75) is 13.0 Å². The summed E-state index contributed by atoms with van der Waals surface area (Å²) in [5.74, 6) is -1.42. The summed E-state index contributed by atoms with van der Waals surface area (Å²) >= 11 is 0. The highest BCUT2D eigenvalue weighted by atomic mass is 19.1. The Hall–Kier alpha value is -2.78. The molecule has 144 valence electrons. The van der Waals surface area contributed by atoms with Gasteiger partial charge in [0.25, 0.3) is 11.5 Å². The van der Waals surface area contributed by atoms with Crippen LogP contribution in [0, 0.1) is 5.82 Å². The number of amides is 1. The minimum absolute atomic E-state index is 0.177. The van der Waals surface area contributed by atoms with E-state index in [1.165, 1.54) is 22.9 Å². The van der Waals surface area contributed by atoms with Crippen LogP contribution < -0.4 is 17.0 Å². The number of aryl methyl sites for hydroxylation is 1. The summed E-state index contributed by atoms with van der Waals surface area (Å²) in [5, 5.41) is 0. The fraction of sp³-hybridized carbons (Fsp3) is 0.389. The molecule has 2 N–H and O–H groups in total. The highest BCUT2D eigenvalue weighted by molar-refractivity contribution is 5.92. The van der Waals surface area contributed by atoms with Crippen LogP contribution >= 0.6 is 0 Å². The number of nitrogens with zero attached hydrogens (tertiary/aromatic N) is 3. The predicted molar refractivity (Wildman–Crippen MR) is 96.7 cm³/mol. The van der Waals surface area contributed by atoms with Crippen molar-refractivity contribution < 1.29 is 13.9 Å². The second-order valence-corrected chi connectivity index (χ2v) is 6.31. The van der Waals surface area contributed by atoms with Gasteiger partial charge >= 0.3 is 5.69 Å². The van der Waals surface area contributed by atoms with E-state index in [0.29, 0.717) is 26.2 Å². The van der Waals surface area contributed by atoms with Gasteiger partial charge < -0.3 is 10.5 Å². The van der Waals surface area contributed by atoms with E-state index in [9.17, 15) is 18.8 Å². The van der Waals surface area contributed by atoms with Crippen LogP contribution in [0.3, 0.4) is 0 Å². The zero-order valence-corrected chi connectivity index (χ0v) is 14.8. The quantitative estimate of drug-likeness (QED) is 0.763. The number of morpholine rings is 1. The number of aromatic nitrogens is 2. The van der Waals surface area contributed by atoms with Gasteiger partial charge in [0.1, 0.15) is 11.4 Å². The Morgan fingerprint density at radius 3 is 2.41 bits per heavy atom. The molecular formula is C18H21FN4O4. The Morgan fingerprint density at radius 2 is 1.78 bits per heavy atom. The summed E-state index contributed by atoms with van der Waals surface area (Å²) in [6, 6.07) is 4.89. The third-order valence-electron chi connectivity index (χ3n) is 4.48. The highest BCUT2D eigenvalue weighted by Crippen LogP contribution is 2.06. The first kappa shape index (κ1) is 19.0. The molecule has 1 aromatic heterocycles. The van der Waals surface area contributed by atoms with Crippen LogP contribution in [0.4, 0.5) is 4.39 Å². The van der Waals surface area contributed by atoms with Gasteiger partial charge in [-0.3, -0.25) is 19.1 Å². The standard InChI is InChI=1S/C18H21FN4O4/c19-13-2-4-14(5-3-13)23-17(25)15(16(20)24)12-22(18(23)26)7-1-6-21-8-10-27-11-9-21/h2-5,12H,1,6-11H2,(H2,20,24). The van der Waals surface area contributed by atoms with Crippen molar-refractivity contribution in [1.82, 2.24) is 14.0 Å². The zero-order valence-electron chi connectivity index (χ0n) is 14.8. The lowest BCUT2D eigenvalue weighted by atomic mass is 10.2. The molecule has 0 saturated carbocycles. The van der Waals surface area contributed by atoms with Gasteiger partial charge in [-0.2, -0.15) is 0 Å². The molecule has 2 aromatic rings. The van der Waals surface area contributed by atoms with E-state index in [0.717, 1.165) is 36.3 Å². The van der Waals surface area contributed by atoms with Crippen molar-refractivity contribution in [1.29, 1.82) is 0 Å². The highest BCUT2D eigenvalue weighted by Gasteiger charge is 2.17. The van der Waals surface area contributed by atoms with E-state index in [1.54, 1.807) is 0 Å². The Morgan fingerprint density at radius 1 is 1.11 bits per heavy atom. The maximum atomic E-state index is 13.2. The third kappa shape index (κ3) is 4.32. The van der Waals surface area contributed by atoms with Gasteiger partial charge in [-0.1, -0.05) is 0 Å². The molecule has 1 saturated heterocycles. The van der Waals surface area contributed by atoms with E-state index in [2.05, 4.69) is 4.90 Å². The molecule has 0 bridgehead atoms. The van der Waals surface area contributed by atoms with Gasteiger partial charge in [-0.25, -0.2) is 13.8 Å². The fourth-order valence-corrected chi connectivity index (χ4v) is 3.04. The molecule has 9 heteroatoms. The first-order chi connectivity index (χ1) is 13.0. The average Bonchev–Trinajstić information content (AvgIpc) is 2.65. The van der Waals surface area contributed by atoms with E-state index >= 15 is 0 Å². The number of halogens is 1. The topological polar surface area (TPSA) is 99.6 Å². The van der Waals surface area contributed by atoms with Crippen molar-refractivity contribution in [2.75, 3.05) is 32.8 Å². The van der Waals surface area contributed by atoms with Crippen LogP contribution in [0.5, 0.6) is 0 Å². The smallest absolute Gasteiger partial charge is 0.335 e. The molecule has 1 aliphatic rings. The van der Waals surface area contributed by atoms with Gasteiger partial charge in [-0.05, 0) is 30.7 Å². The minimum atomic E-state index is -0.919. The molecule has 0 atom stereocenters. The maximum absolute atomic E-state index is 13.2. The van der Waals surface area contributed by atoms with Crippen LogP contribution in [0.2, 0.25) is 0 Å². The first-order valence-corrected chi connectivity index (χ1v) is 8.69. The second-order valence-electron chi connectivity index (χ2n) is 6.31. The Labute approximate surface area is 154 Å². The van der Waals surface area contributed by atoms with Crippen LogP contribution in [-0.4, -0.2) is 52.8 Å². The van der Waals surface area contributed by atoms with E-state index in [1.807, 2.05) is 0 Å². The number of hydrogen-bond donors (Lipinski definition) is 1. The van der Waals surface area contributed by atoms with Crippen LogP contribution in [0.15, 0.2) is 40.1 Å². The van der Waals surface area contributed by atoms with Crippen molar-refractivity contribution in [2.24, 2.45) is 5.73 Å². The molecule has 2 heterocycles. The molecule has 1 fully saturated rings. The molecule has 8 nitrogen and oxygen atoms in total. The number of carbonyl (C=O) groups excluding carboxylic acids is 1. The van der Waals surface area contributed by atoms with Gasteiger partial charge in [0.15, 0.2) is 0 Å². The zero-order chi connectivity index (χ0) is 19.4. The number of hydrogen-bond acceptors (Lipinski definition) is 5.